The average molecular weight is 274 g/mol. The van der Waals surface area contributed by atoms with Gasteiger partial charge >= 0.3 is 0 Å². The van der Waals surface area contributed by atoms with Gasteiger partial charge in [0.05, 0.1) is 5.69 Å². The highest BCUT2D eigenvalue weighted by Gasteiger charge is 2.04. The van der Waals surface area contributed by atoms with Gasteiger partial charge in [-0.3, -0.25) is 0 Å². The Morgan fingerprint density at radius 1 is 1.06 bits per heavy atom. The maximum Gasteiger partial charge on any atom is 0.240 e. The molecule has 0 aromatic heterocycles. The number of rotatable bonds is 2. The van der Waals surface area contributed by atoms with Gasteiger partial charge in [-0.25, -0.2) is 4.79 Å². The first-order valence-electron chi connectivity index (χ1n) is 4.74. The van der Waals surface area contributed by atoms with Crippen LogP contribution in [0.5, 0.6) is 0 Å². The Morgan fingerprint density at radius 2 is 1.81 bits per heavy atom. The van der Waals surface area contributed by atoms with Crippen LogP contribution in [0.15, 0.2) is 58.0 Å². The lowest BCUT2D eigenvalue weighted by molar-refractivity contribution is 0.565. The molecule has 0 radical (unpaired) electrons. The molecule has 16 heavy (non-hydrogen) atoms. The summed E-state index contributed by atoms with van der Waals surface area (Å²) in [6.45, 7) is 0. The summed E-state index contributed by atoms with van der Waals surface area (Å²) < 4.78 is 0.955. The minimum absolute atomic E-state index is 0.629. The van der Waals surface area contributed by atoms with Crippen molar-refractivity contribution < 1.29 is 4.79 Å². The van der Waals surface area contributed by atoms with Gasteiger partial charge in [0.15, 0.2) is 0 Å². The van der Waals surface area contributed by atoms with Crippen molar-refractivity contribution in [2.75, 3.05) is 0 Å². The van der Waals surface area contributed by atoms with Crippen LogP contribution in [0.2, 0.25) is 0 Å². The second-order valence-electron chi connectivity index (χ2n) is 3.23. The van der Waals surface area contributed by atoms with Gasteiger partial charge in [-0.05, 0) is 23.8 Å². The summed E-state index contributed by atoms with van der Waals surface area (Å²) in [7, 11) is 0. The van der Waals surface area contributed by atoms with Crippen LogP contribution in [0.3, 0.4) is 0 Å². The van der Waals surface area contributed by atoms with Crippen LogP contribution < -0.4 is 0 Å². The second kappa shape index (κ2) is 4.88. The lowest BCUT2D eigenvalue weighted by Gasteiger charge is -2.05. The van der Waals surface area contributed by atoms with Crippen LogP contribution in [-0.2, 0) is 4.79 Å². The minimum Gasteiger partial charge on any atom is -0.211 e. The molecule has 3 heteroatoms. The van der Waals surface area contributed by atoms with Gasteiger partial charge in [-0.2, -0.15) is 4.99 Å². The first kappa shape index (κ1) is 10.8. The van der Waals surface area contributed by atoms with Gasteiger partial charge in [0.1, 0.15) is 0 Å². The predicted molar refractivity (Wildman–Crippen MR) is 67.4 cm³/mol. The second-order valence-corrected chi connectivity index (χ2v) is 4.15. The van der Waals surface area contributed by atoms with Crippen molar-refractivity contribution in [3.8, 4) is 11.1 Å². The smallest absolute Gasteiger partial charge is 0.211 e. The van der Waals surface area contributed by atoms with Gasteiger partial charge in [0.2, 0.25) is 6.08 Å². The summed E-state index contributed by atoms with van der Waals surface area (Å²) >= 11 is 3.40. The predicted octanol–water partition coefficient (Wildman–Crippen LogP) is 4.08. The number of hydrogen-bond acceptors (Lipinski definition) is 2. The van der Waals surface area contributed by atoms with E-state index in [2.05, 4.69) is 20.9 Å². The third-order valence-electron chi connectivity index (χ3n) is 2.21. The van der Waals surface area contributed by atoms with E-state index in [9.17, 15) is 4.79 Å². The average Bonchev–Trinajstić information content (AvgIpc) is 2.33. The maximum absolute atomic E-state index is 10.3. The molecule has 0 heterocycles. The summed E-state index contributed by atoms with van der Waals surface area (Å²) in [5, 5.41) is 0. The van der Waals surface area contributed by atoms with Crippen molar-refractivity contribution in [3.05, 3.63) is 53.0 Å². The van der Waals surface area contributed by atoms with E-state index in [1.165, 1.54) is 0 Å². The number of hydrogen-bond donors (Lipinski definition) is 0. The zero-order chi connectivity index (χ0) is 11.4. The monoisotopic (exact) mass is 273 g/mol. The van der Waals surface area contributed by atoms with Crippen LogP contribution in [-0.4, -0.2) is 6.08 Å². The van der Waals surface area contributed by atoms with Crippen LogP contribution in [0, 0.1) is 0 Å². The minimum atomic E-state index is 0.629. The van der Waals surface area contributed by atoms with Crippen molar-refractivity contribution in [1.29, 1.82) is 0 Å². The fourth-order valence-electron chi connectivity index (χ4n) is 1.50. The first-order valence-corrected chi connectivity index (χ1v) is 5.53. The molecule has 0 saturated heterocycles. The van der Waals surface area contributed by atoms with Gasteiger partial charge < -0.3 is 0 Å². The molecule has 0 saturated carbocycles. The van der Waals surface area contributed by atoms with E-state index >= 15 is 0 Å². The molecule has 2 aromatic carbocycles. The lowest BCUT2D eigenvalue weighted by atomic mass is 10.0. The molecule has 0 amide bonds. The highest BCUT2D eigenvalue weighted by Crippen LogP contribution is 2.32. The number of nitrogens with zero attached hydrogens (tertiary/aromatic N) is 1. The van der Waals surface area contributed by atoms with E-state index in [1.54, 1.807) is 12.1 Å². The SMILES string of the molecule is O=C=Nc1ccc(Br)cc1-c1ccccc1. The van der Waals surface area contributed by atoms with E-state index in [1.807, 2.05) is 42.5 Å². The fraction of sp³-hybridized carbons (Fsp3) is 0. The highest BCUT2D eigenvalue weighted by molar-refractivity contribution is 9.10. The number of isocyanates is 1. The van der Waals surface area contributed by atoms with Crippen molar-refractivity contribution in [3.63, 3.8) is 0 Å². The van der Waals surface area contributed by atoms with Gasteiger partial charge in [0, 0.05) is 10.0 Å². The summed E-state index contributed by atoms with van der Waals surface area (Å²) in [6.07, 6.45) is 1.57. The number of benzene rings is 2. The van der Waals surface area contributed by atoms with Crippen molar-refractivity contribution in [1.82, 2.24) is 0 Å². The molecule has 0 fully saturated rings. The summed E-state index contributed by atoms with van der Waals surface area (Å²) in [4.78, 5) is 14.0. The van der Waals surface area contributed by atoms with E-state index in [-0.39, 0.29) is 0 Å². The van der Waals surface area contributed by atoms with Crippen molar-refractivity contribution in [2.24, 2.45) is 4.99 Å². The number of halogens is 1. The Kier molecular flexibility index (Phi) is 3.30. The maximum atomic E-state index is 10.3. The molecule has 0 spiro atoms. The molecule has 0 bridgehead atoms. The lowest BCUT2D eigenvalue weighted by Crippen LogP contribution is -1.79. The summed E-state index contributed by atoms with van der Waals surface area (Å²) in [5.41, 5.74) is 2.57. The molecule has 0 aliphatic rings. The Morgan fingerprint density at radius 3 is 2.50 bits per heavy atom. The van der Waals surface area contributed by atoms with Gasteiger partial charge in [0.25, 0.3) is 0 Å². The normalized spacial score (nSPS) is 9.56. The Labute approximate surface area is 102 Å². The number of aliphatic imine (C=N–C) groups is 1. The molecular weight excluding hydrogens is 266 g/mol. The molecule has 2 rings (SSSR count). The van der Waals surface area contributed by atoms with Crippen LogP contribution in [0.25, 0.3) is 11.1 Å². The van der Waals surface area contributed by atoms with Gasteiger partial charge in [-0.1, -0.05) is 46.3 Å². The van der Waals surface area contributed by atoms with E-state index in [4.69, 9.17) is 0 Å². The molecule has 0 aliphatic heterocycles. The third-order valence-corrected chi connectivity index (χ3v) is 2.70. The molecule has 0 aliphatic carbocycles. The molecule has 0 N–H and O–H groups in total. The Bertz CT molecular complexity index is 545. The third kappa shape index (κ3) is 2.27. The van der Waals surface area contributed by atoms with E-state index < -0.39 is 0 Å². The largest absolute Gasteiger partial charge is 0.240 e. The fourth-order valence-corrected chi connectivity index (χ4v) is 1.86. The molecule has 2 nitrogen and oxygen atoms in total. The Balaban J connectivity index is 2.62. The Hall–Kier alpha value is -1.70. The van der Waals surface area contributed by atoms with Gasteiger partial charge in [-0.15, -0.1) is 0 Å². The zero-order valence-electron chi connectivity index (χ0n) is 8.35. The van der Waals surface area contributed by atoms with E-state index in [0.29, 0.717) is 5.69 Å². The molecule has 0 atom stereocenters. The summed E-state index contributed by atoms with van der Waals surface area (Å²) in [6, 6.07) is 15.4. The van der Waals surface area contributed by atoms with Crippen molar-refractivity contribution >= 4 is 27.7 Å². The van der Waals surface area contributed by atoms with Crippen molar-refractivity contribution in [2.45, 2.75) is 0 Å². The zero-order valence-corrected chi connectivity index (χ0v) is 9.94. The van der Waals surface area contributed by atoms with Crippen LogP contribution in [0.4, 0.5) is 5.69 Å². The highest BCUT2D eigenvalue weighted by atomic mass is 79.9. The molecular formula is C13H8BrNO. The topological polar surface area (TPSA) is 29.4 Å². The number of carbonyl (C=O) groups excluding carboxylic acids is 1. The molecule has 2 aromatic rings. The first-order chi connectivity index (χ1) is 7.81. The summed E-state index contributed by atoms with van der Waals surface area (Å²) in [5.74, 6) is 0. The van der Waals surface area contributed by atoms with E-state index in [0.717, 1.165) is 15.6 Å². The standard InChI is InChI=1S/C13H8BrNO/c14-11-6-7-13(15-9-16)12(8-11)10-4-2-1-3-5-10/h1-8H. The molecule has 0 unspecified atom stereocenters. The quantitative estimate of drug-likeness (QED) is 0.599. The van der Waals surface area contributed by atoms with Crippen LogP contribution >= 0.6 is 15.9 Å². The van der Waals surface area contributed by atoms with Crippen LogP contribution in [0.1, 0.15) is 0 Å². The molecule has 78 valence electrons.